The zero-order valence-corrected chi connectivity index (χ0v) is 14.7. The quantitative estimate of drug-likeness (QED) is 0.671. The average molecular weight is 324 g/mol. The number of hydrogen-bond donors (Lipinski definition) is 1. The number of carbonyl (C=O) groups is 1. The minimum atomic E-state index is -0.292. The molecular formula is C20H24N2O2. The van der Waals surface area contributed by atoms with Gasteiger partial charge in [0.25, 0.3) is 5.91 Å². The summed E-state index contributed by atoms with van der Waals surface area (Å²) in [5.74, 6) is 0.376. The van der Waals surface area contributed by atoms with Crippen LogP contribution in [0.15, 0.2) is 53.6 Å². The molecule has 1 amide bonds. The first-order valence-electron chi connectivity index (χ1n) is 7.97. The Morgan fingerprint density at radius 2 is 1.79 bits per heavy atom. The molecule has 0 unspecified atom stereocenters. The standard InChI is InChI=1S/C20H24N2O2/c1-15-7-5-6-8-16(15)13-21-22-19(23)14-24-18-11-9-17(10-12-18)20(2,3)4/h5-13H,14H2,1-4H3,(H,22,23). The molecule has 0 aliphatic rings. The lowest BCUT2D eigenvalue weighted by Gasteiger charge is -2.19. The number of amides is 1. The van der Waals surface area contributed by atoms with Crippen molar-refractivity contribution in [3.05, 3.63) is 65.2 Å². The van der Waals surface area contributed by atoms with Crippen LogP contribution in [-0.2, 0) is 10.2 Å². The van der Waals surface area contributed by atoms with E-state index in [2.05, 4.69) is 31.3 Å². The molecule has 0 heterocycles. The van der Waals surface area contributed by atoms with Gasteiger partial charge in [-0.3, -0.25) is 4.79 Å². The second-order valence-corrected chi connectivity index (χ2v) is 6.71. The van der Waals surface area contributed by atoms with Gasteiger partial charge < -0.3 is 4.74 Å². The minimum Gasteiger partial charge on any atom is -0.484 e. The van der Waals surface area contributed by atoms with Gasteiger partial charge in [0.1, 0.15) is 5.75 Å². The third-order valence-corrected chi connectivity index (χ3v) is 3.67. The predicted molar refractivity (Wildman–Crippen MR) is 97.6 cm³/mol. The van der Waals surface area contributed by atoms with Crippen molar-refractivity contribution in [2.75, 3.05) is 6.61 Å². The molecule has 126 valence electrons. The molecule has 0 saturated heterocycles. The van der Waals surface area contributed by atoms with Gasteiger partial charge in [0.05, 0.1) is 6.21 Å². The summed E-state index contributed by atoms with van der Waals surface area (Å²) in [5.41, 5.74) is 5.86. The van der Waals surface area contributed by atoms with Gasteiger partial charge in [-0.1, -0.05) is 57.2 Å². The van der Waals surface area contributed by atoms with Crippen molar-refractivity contribution in [2.24, 2.45) is 5.10 Å². The fourth-order valence-electron chi connectivity index (χ4n) is 2.14. The van der Waals surface area contributed by atoms with E-state index in [-0.39, 0.29) is 17.9 Å². The van der Waals surface area contributed by atoms with Crippen molar-refractivity contribution >= 4 is 12.1 Å². The summed E-state index contributed by atoms with van der Waals surface area (Å²) < 4.78 is 5.48. The molecule has 0 saturated carbocycles. The first-order chi connectivity index (χ1) is 11.4. The van der Waals surface area contributed by atoms with Gasteiger partial charge in [0.2, 0.25) is 0 Å². The number of benzene rings is 2. The summed E-state index contributed by atoms with van der Waals surface area (Å²) in [4.78, 5) is 11.8. The van der Waals surface area contributed by atoms with E-state index in [1.165, 1.54) is 5.56 Å². The van der Waals surface area contributed by atoms with E-state index in [0.29, 0.717) is 5.75 Å². The van der Waals surface area contributed by atoms with Gasteiger partial charge in [-0.05, 0) is 41.2 Å². The van der Waals surface area contributed by atoms with Gasteiger partial charge >= 0.3 is 0 Å². The van der Waals surface area contributed by atoms with Crippen LogP contribution >= 0.6 is 0 Å². The first kappa shape index (κ1) is 17.7. The van der Waals surface area contributed by atoms with Gasteiger partial charge in [0.15, 0.2) is 6.61 Å². The Morgan fingerprint density at radius 3 is 2.42 bits per heavy atom. The summed E-state index contributed by atoms with van der Waals surface area (Å²) in [6.07, 6.45) is 1.63. The van der Waals surface area contributed by atoms with Crippen LogP contribution in [0.1, 0.15) is 37.5 Å². The molecule has 24 heavy (non-hydrogen) atoms. The fourth-order valence-corrected chi connectivity index (χ4v) is 2.14. The predicted octanol–water partition coefficient (Wildman–Crippen LogP) is 3.82. The Hall–Kier alpha value is -2.62. The van der Waals surface area contributed by atoms with Crippen LogP contribution in [0.3, 0.4) is 0 Å². The molecule has 0 bridgehead atoms. The Morgan fingerprint density at radius 1 is 1.12 bits per heavy atom. The van der Waals surface area contributed by atoms with E-state index in [0.717, 1.165) is 11.1 Å². The lowest BCUT2D eigenvalue weighted by atomic mass is 9.87. The van der Waals surface area contributed by atoms with E-state index in [1.807, 2.05) is 55.5 Å². The Balaban J connectivity index is 1.82. The zero-order valence-electron chi connectivity index (χ0n) is 14.7. The molecule has 0 aromatic heterocycles. The molecule has 1 N–H and O–H groups in total. The molecule has 0 aliphatic heterocycles. The summed E-state index contributed by atoms with van der Waals surface area (Å²) in [7, 11) is 0. The van der Waals surface area contributed by atoms with Crippen LogP contribution in [0.25, 0.3) is 0 Å². The maximum Gasteiger partial charge on any atom is 0.277 e. The van der Waals surface area contributed by atoms with Crippen molar-refractivity contribution in [3.8, 4) is 5.75 Å². The first-order valence-corrected chi connectivity index (χ1v) is 7.97. The molecule has 2 aromatic rings. The van der Waals surface area contributed by atoms with Crippen LogP contribution < -0.4 is 10.2 Å². The molecule has 0 fully saturated rings. The largest absolute Gasteiger partial charge is 0.484 e. The van der Waals surface area contributed by atoms with Crippen molar-refractivity contribution in [1.82, 2.24) is 5.43 Å². The van der Waals surface area contributed by atoms with Crippen molar-refractivity contribution < 1.29 is 9.53 Å². The van der Waals surface area contributed by atoms with Crippen LogP contribution in [-0.4, -0.2) is 18.7 Å². The molecule has 2 aromatic carbocycles. The summed E-state index contributed by atoms with van der Waals surface area (Å²) >= 11 is 0. The maximum atomic E-state index is 11.8. The van der Waals surface area contributed by atoms with Gasteiger partial charge in [-0.15, -0.1) is 0 Å². The number of nitrogens with one attached hydrogen (secondary N) is 1. The van der Waals surface area contributed by atoms with E-state index in [4.69, 9.17) is 4.74 Å². The molecule has 4 heteroatoms. The van der Waals surface area contributed by atoms with Crippen molar-refractivity contribution in [2.45, 2.75) is 33.1 Å². The highest BCUT2D eigenvalue weighted by Gasteiger charge is 2.13. The lowest BCUT2D eigenvalue weighted by Crippen LogP contribution is -2.24. The second kappa shape index (κ2) is 7.77. The number of carbonyl (C=O) groups excluding carboxylic acids is 1. The molecule has 0 spiro atoms. The summed E-state index contributed by atoms with van der Waals surface area (Å²) in [6.45, 7) is 8.39. The van der Waals surface area contributed by atoms with Crippen LogP contribution in [0.2, 0.25) is 0 Å². The molecule has 4 nitrogen and oxygen atoms in total. The average Bonchev–Trinajstić information content (AvgIpc) is 2.54. The Labute approximate surface area is 143 Å². The molecular weight excluding hydrogens is 300 g/mol. The highest BCUT2D eigenvalue weighted by atomic mass is 16.5. The van der Waals surface area contributed by atoms with Crippen molar-refractivity contribution in [3.63, 3.8) is 0 Å². The normalized spacial score (nSPS) is 11.5. The molecule has 0 aliphatic carbocycles. The number of rotatable bonds is 5. The van der Waals surface area contributed by atoms with Crippen molar-refractivity contribution in [1.29, 1.82) is 0 Å². The summed E-state index contributed by atoms with van der Waals surface area (Å²) in [6, 6.07) is 15.6. The smallest absolute Gasteiger partial charge is 0.277 e. The third kappa shape index (κ3) is 5.23. The monoisotopic (exact) mass is 324 g/mol. The van der Waals surface area contributed by atoms with Gasteiger partial charge in [0, 0.05) is 0 Å². The number of ether oxygens (including phenoxy) is 1. The fraction of sp³-hybridized carbons (Fsp3) is 0.300. The topological polar surface area (TPSA) is 50.7 Å². The van der Waals surface area contributed by atoms with E-state index >= 15 is 0 Å². The Bertz CT molecular complexity index is 713. The van der Waals surface area contributed by atoms with E-state index in [9.17, 15) is 4.79 Å². The van der Waals surface area contributed by atoms with E-state index in [1.54, 1.807) is 6.21 Å². The SMILES string of the molecule is Cc1ccccc1C=NNC(=O)COc1ccc(C(C)(C)C)cc1. The van der Waals surface area contributed by atoms with Gasteiger partial charge in [-0.2, -0.15) is 5.10 Å². The number of hydrazone groups is 1. The minimum absolute atomic E-state index is 0.0695. The third-order valence-electron chi connectivity index (χ3n) is 3.67. The van der Waals surface area contributed by atoms with Crippen LogP contribution in [0, 0.1) is 6.92 Å². The van der Waals surface area contributed by atoms with E-state index < -0.39 is 0 Å². The highest BCUT2D eigenvalue weighted by Crippen LogP contribution is 2.24. The van der Waals surface area contributed by atoms with Crippen LogP contribution in [0.4, 0.5) is 0 Å². The number of nitrogens with zero attached hydrogens (tertiary/aromatic N) is 1. The number of hydrogen-bond acceptors (Lipinski definition) is 3. The Kier molecular flexibility index (Phi) is 5.74. The second-order valence-electron chi connectivity index (χ2n) is 6.71. The van der Waals surface area contributed by atoms with Gasteiger partial charge in [-0.25, -0.2) is 5.43 Å². The number of aryl methyl sites for hydroxylation is 1. The summed E-state index contributed by atoms with van der Waals surface area (Å²) in [5, 5.41) is 3.96. The highest BCUT2D eigenvalue weighted by molar-refractivity contribution is 5.84. The zero-order chi connectivity index (χ0) is 17.6. The maximum absolute atomic E-state index is 11.8. The molecule has 0 radical (unpaired) electrons. The molecule has 0 atom stereocenters. The molecule has 2 rings (SSSR count). The van der Waals surface area contributed by atoms with Crippen LogP contribution in [0.5, 0.6) is 5.75 Å². The lowest BCUT2D eigenvalue weighted by molar-refractivity contribution is -0.123.